The highest BCUT2D eigenvalue weighted by atomic mass is 32.1. The molecule has 0 spiro atoms. The van der Waals surface area contributed by atoms with E-state index in [4.69, 9.17) is 4.74 Å². The quantitative estimate of drug-likeness (QED) is 0.360. The van der Waals surface area contributed by atoms with E-state index in [9.17, 15) is 14.7 Å². The molecule has 0 bridgehead atoms. The zero-order valence-electron chi connectivity index (χ0n) is 19.0. The van der Waals surface area contributed by atoms with Crippen LogP contribution in [0.4, 0.5) is 4.79 Å². The number of rotatable bonds is 8. The van der Waals surface area contributed by atoms with Gasteiger partial charge in [-0.2, -0.15) is 0 Å². The summed E-state index contributed by atoms with van der Waals surface area (Å²) in [5.74, 6) is 0.0747. The Morgan fingerprint density at radius 2 is 1.82 bits per heavy atom. The maximum absolute atomic E-state index is 13.1. The fraction of sp³-hybridized carbons (Fsp3) is 0.357. The molecule has 4 rings (SSSR count). The van der Waals surface area contributed by atoms with Crippen molar-refractivity contribution in [2.75, 3.05) is 13.2 Å². The Hall–Kier alpha value is -2.96. The number of nitrogens with zero attached hydrogens (tertiary/aromatic N) is 1. The minimum atomic E-state index is -0.700. The number of Topliss-reactive ketones (excluding diaryl/α,β-unsaturated/α-hetero) is 1. The highest BCUT2D eigenvalue weighted by molar-refractivity contribution is 7.17. The van der Waals surface area contributed by atoms with Crippen LogP contribution in [0.15, 0.2) is 66.7 Å². The summed E-state index contributed by atoms with van der Waals surface area (Å²) in [6, 6.07) is 21.7. The van der Waals surface area contributed by atoms with Crippen molar-refractivity contribution in [2.45, 2.75) is 52.2 Å². The summed E-state index contributed by atoms with van der Waals surface area (Å²) in [4.78, 5) is 28.3. The van der Waals surface area contributed by atoms with Gasteiger partial charge in [0, 0.05) is 24.4 Å². The van der Waals surface area contributed by atoms with Crippen molar-refractivity contribution in [2.24, 2.45) is 0 Å². The molecule has 0 aliphatic carbocycles. The molecule has 1 aromatic heterocycles. The average molecular weight is 480 g/mol. The van der Waals surface area contributed by atoms with E-state index in [1.54, 1.807) is 11.8 Å². The van der Waals surface area contributed by atoms with E-state index in [0.29, 0.717) is 25.8 Å². The van der Waals surface area contributed by atoms with Crippen molar-refractivity contribution >= 4 is 23.2 Å². The Balaban J connectivity index is 0.00000324. The van der Waals surface area contributed by atoms with Crippen LogP contribution in [-0.4, -0.2) is 35.0 Å². The largest absolute Gasteiger partial charge is 0.438 e. The molecule has 1 amide bonds. The van der Waals surface area contributed by atoms with Crippen LogP contribution in [0.5, 0.6) is 0 Å². The zero-order chi connectivity index (χ0) is 23.4. The lowest BCUT2D eigenvalue weighted by molar-refractivity contribution is -0.0680. The van der Waals surface area contributed by atoms with Crippen molar-refractivity contribution in [1.82, 2.24) is 4.90 Å². The molecule has 1 N–H and O–H groups in total. The maximum Gasteiger partial charge on any atom is 0.411 e. The van der Waals surface area contributed by atoms with Crippen LogP contribution < -0.4 is 0 Å². The van der Waals surface area contributed by atoms with E-state index < -0.39 is 5.60 Å². The van der Waals surface area contributed by atoms with Gasteiger partial charge in [0.1, 0.15) is 5.60 Å². The third-order valence-corrected chi connectivity index (χ3v) is 7.65. The predicted octanol–water partition coefficient (Wildman–Crippen LogP) is 6.83. The third kappa shape index (κ3) is 5.24. The Labute approximate surface area is 206 Å². The van der Waals surface area contributed by atoms with Crippen LogP contribution in [0.1, 0.15) is 67.4 Å². The number of carbonyl (C=O) groups is 2. The zero-order valence-corrected chi connectivity index (χ0v) is 19.8. The highest BCUT2D eigenvalue weighted by Crippen LogP contribution is 2.40. The number of aliphatic hydroxyl groups is 1. The van der Waals surface area contributed by atoms with Crippen LogP contribution in [0.25, 0.3) is 10.4 Å². The van der Waals surface area contributed by atoms with Crippen LogP contribution in [-0.2, 0) is 10.3 Å². The smallest absolute Gasteiger partial charge is 0.411 e. The van der Waals surface area contributed by atoms with Gasteiger partial charge >= 0.3 is 6.09 Å². The summed E-state index contributed by atoms with van der Waals surface area (Å²) in [6.45, 7) is 4.23. The molecule has 1 saturated heterocycles. The number of ketones is 1. The second-order valence-electron chi connectivity index (χ2n) is 8.52. The molecule has 2 aromatic carbocycles. The molecule has 2 heterocycles. The number of hydrogen-bond donors (Lipinski definition) is 1. The van der Waals surface area contributed by atoms with E-state index in [1.807, 2.05) is 73.7 Å². The van der Waals surface area contributed by atoms with Crippen LogP contribution in [0, 0.1) is 0 Å². The van der Waals surface area contributed by atoms with Crippen molar-refractivity contribution in [3.05, 3.63) is 82.7 Å². The molecule has 180 valence electrons. The normalized spacial score (nSPS) is 18.7. The van der Waals surface area contributed by atoms with Gasteiger partial charge in [0.05, 0.1) is 10.9 Å². The SMILES string of the molecule is C.CC(=O)c1ccc(-c2ccc([C@H](C)N3CC[C@](CCCO)(c4ccccc4)OC3=O)cc2)s1. The lowest BCUT2D eigenvalue weighted by Crippen LogP contribution is -2.48. The van der Waals surface area contributed by atoms with Crippen molar-refractivity contribution < 1.29 is 19.4 Å². The molecule has 5 nitrogen and oxygen atoms in total. The number of thiophene rings is 1. The number of carbonyl (C=O) groups excluding carboxylic acids is 2. The number of amides is 1. The van der Waals surface area contributed by atoms with E-state index in [1.165, 1.54) is 11.3 Å². The topological polar surface area (TPSA) is 66.8 Å². The summed E-state index contributed by atoms with van der Waals surface area (Å²) < 4.78 is 6.08. The second kappa shape index (κ2) is 11.0. The van der Waals surface area contributed by atoms with Crippen LogP contribution >= 0.6 is 11.3 Å². The fourth-order valence-corrected chi connectivity index (χ4v) is 5.35. The Morgan fingerprint density at radius 3 is 2.41 bits per heavy atom. The fourth-order valence-electron chi connectivity index (χ4n) is 4.44. The minimum absolute atomic E-state index is 0. The number of aliphatic hydroxyl groups excluding tert-OH is 1. The van der Waals surface area contributed by atoms with Gasteiger partial charge in [-0.15, -0.1) is 11.3 Å². The molecule has 6 heteroatoms. The van der Waals surface area contributed by atoms with E-state index in [2.05, 4.69) is 0 Å². The van der Waals surface area contributed by atoms with Gasteiger partial charge in [-0.05, 0) is 55.5 Å². The minimum Gasteiger partial charge on any atom is -0.438 e. The summed E-state index contributed by atoms with van der Waals surface area (Å²) in [7, 11) is 0. The van der Waals surface area contributed by atoms with Gasteiger partial charge in [-0.3, -0.25) is 4.79 Å². The molecule has 0 unspecified atom stereocenters. The molecular weight excluding hydrogens is 446 g/mol. The molecule has 0 saturated carbocycles. The summed E-state index contributed by atoms with van der Waals surface area (Å²) >= 11 is 1.49. The van der Waals surface area contributed by atoms with Gasteiger partial charge in [0.15, 0.2) is 5.78 Å². The maximum atomic E-state index is 13.1. The first-order chi connectivity index (χ1) is 15.9. The van der Waals surface area contributed by atoms with Gasteiger partial charge in [-0.1, -0.05) is 62.0 Å². The van der Waals surface area contributed by atoms with E-state index in [-0.39, 0.29) is 32.0 Å². The number of cyclic esters (lactones) is 1. The highest BCUT2D eigenvalue weighted by Gasteiger charge is 2.43. The summed E-state index contributed by atoms with van der Waals surface area (Å²) in [6.07, 6.45) is 1.52. The van der Waals surface area contributed by atoms with Crippen LogP contribution in [0.3, 0.4) is 0 Å². The van der Waals surface area contributed by atoms with Crippen molar-refractivity contribution in [1.29, 1.82) is 0 Å². The molecule has 1 aliphatic rings. The second-order valence-corrected chi connectivity index (χ2v) is 9.60. The molecule has 0 radical (unpaired) electrons. The molecule has 1 aliphatic heterocycles. The Kier molecular flexibility index (Phi) is 8.28. The lowest BCUT2D eigenvalue weighted by Gasteiger charge is -2.43. The summed E-state index contributed by atoms with van der Waals surface area (Å²) in [5.41, 5.74) is 2.36. The molecule has 34 heavy (non-hydrogen) atoms. The monoisotopic (exact) mass is 479 g/mol. The number of hydrogen-bond acceptors (Lipinski definition) is 5. The van der Waals surface area contributed by atoms with E-state index >= 15 is 0 Å². The summed E-state index contributed by atoms with van der Waals surface area (Å²) in [5, 5.41) is 9.38. The number of benzene rings is 2. The number of ether oxygens (including phenoxy) is 1. The molecular formula is C28H33NO4S. The standard InChI is InChI=1S/C27H29NO4S.CH4/c1-19(21-9-11-22(12-10-21)25-14-13-24(33-25)20(2)30)28-17-16-27(15-6-18-29,32-26(28)31)23-7-4-3-5-8-23;/h3-5,7-14,19,29H,6,15-18H2,1-2H3;1H4/t19-,27+;/m0./s1. The van der Waals surface area contributed by atoms with E-state index in [0.717, 1.165) is 26.4 Å². The lowest BCUT2D eigenvalue weighted by atomic mass is 9.84. The van der Waals surface area contributed by atoms with Crippen LogP contribution in [0.2, 0.25) is 0 Å². The Bertz CT molecular complexity index is 1110. The molecule has 1 fully saturated rings. The first kappa shape index (κ1) is 25.7. The Morgan fingerprint density at radius 1 is 1.12 bits per heavy atom. The third-order valence-electron chi connectivity index (χ3n) is 6.41. The average Bonchev–Trinajstić information content (AvgIpc) is 3.34. The predicted molar refractivity (Wildman–Crippen MR) is 137 cm³/mol. The molecule has 3 aromatic rings. The van der Waals surface area contributed by atoms with Gasteiger partial charge < -0.3 is 14.7 Å². The van der Waals surface area contributed by atoms with Gasteiger partial charge in [0.2, 0.25) is 0 Å². The van der Waals surface area contributed by atoms with Crippen molar-refractivity contribution in [3.63, 3.8) is 0 Å². The first-order valence-corrected chi connectivity index (χ1v) is 12.1. The first-order valence-electron chi connectivity index (χ1n) is 11.3. The van der Waals surface area contributed by atoms with Gasteiger partial charge in [0.25, 0.3) is 0 Å². The van der Waals surface area contributed by atoms with Crippen molar-refractivity contribution in [3.8, 4) is 10.4 Å². The van der Waals surface area contributed by atoms with Gasteiger partial charge in [-0.25, -0.2) is 4.79 Å². The molecule has 2 atom stereocenters.